The molecule has 2 aromatic heterocycles. The summed E-state index contributed by atoms with van der Waals surface area (Å²) >= 11 is 1.26. The summed E-state index contributed by atoms with van der Waals surface area (Å²) in [5.74, 6) is -0.462. The van der Waals surface area contributed by atoms with Crippen molar-refractivity contribution in [2.45, 2.75) is 13.8 Å². The van der Waals surface area contributed by atoms with Gasteiger partial charge in [0.25, 0.3) is 5.91 Å². The van der Waals surface area contributed by atoms with Crippen LogP contribution in [0.5, 0.6) is 0 Å². The van der Waals surface area contributed by atoms with Gasteiger partial charge < -0.3 is 14.6 Å². The molecule has 0 fully saturated rings. The Hall–Kier alpha value is -3.71. The quantitative estimate of drug-likeness (QED) is 0.389. The fourth-order valence-electron chi connectivity index (χ4n) is 3.09. The molecule has 0 unspecified atom stereocenters. The van der Waals surface area contributed by atoms with Gasteiger partial charge in [-0.15, -0.1) is 11.3 Å². The zero-order chi connectivity index (χ0) is 21.8. The predicted octanol–water partition coefficient (Wildman–Crippen LogP) is 5.81. The monoisotopic (exact) mass is 432 g/mol. The molecule has 2 heterocycles. The molecular formula is C24H20N2O4S. The minimum Gasteiger partial charge on any atom is -0.462 e. The molecule has 156 valence electrons. The van der Waals surface area contributed by atoms with E-state index in [0.29, 0.717) is 21.9 Å². The maximum atomic E-state index is 12.8. The van der Waals surface area contributed by atoms with Gasteiger partial charge in [0, 0.05) is 22.6 Å². The molecule has 4 rings (SSSR count). The lowest BCUT2D eigenvalue weighted by molar-refractivity contribution is 0.0529. The Labute approximate surface area is 183 Å². The third kappa shape index (κ3) is 4.41. The number of aromatic nitrogens is 1. The number of aryl methyl sites for hydroxylation is 1. The fourth-order valence-corrected chi connectivity index (χ4v) is 4.04. The first kappa shape index (κ1) is 20.6. The van der Waals surface area contributed by atoms with E-state index in [1.807, 2.05) is 66.9 Å². The van der Waals surface area contributed by atoms with E-state index < -0.39 is 11.9 Å². The number of amides is 1. The smallest absolute Gasteiger partial charge is 0.341 e. The molecule has 0 spiro atoms. The molecule has 0 bridgehead atoms. The maximum absolute atomic E-state index is 12.8. The van der Waals surface area contributed by atoms with Crippen LogP contribution in [-0.2, 0) is 4.74 Å². The summed E-state index contributed by atoms with van der Waals surface area (Å²) < 4.78 is 10.6. The summed E-state index contributed by atoms with van der Waals surface area (Å²) in [4.78, 5) is 25.5. The Morgan fingerprint density at radius 3 is 2.52 bits per heavy atom. The SMILES string of the molecule is CCOC(=O)c1c(-c2ccc(C)cc2)csc1NC(=O)c1cc(-c2ccccc2)on1. The molecule has 0 saturated heterocycles. The van der Waals surface area contributed by atoms with Gasteiger partial charge in [0.15, 0.2) is 11.5 Å². The number of thiophene rings is 1. The first-order valence-corrected chi connectivity index (χ1v) is 10.6. The van der Waals surface area contributed by atoms with Crippen LogP contribution < -0.4 is 5.32 Å². The molecule has 0 radical (unpaired) electrons. The van der Waals surface area contributed by atoms with E-state index in [1.54, 1.807) is 13.0 Å². The van der Waals surface area contributed by atoms with E-state index in [4.69, 9.17) is 9.26 Å². The lowest BCUT2D eigenvalue weighted by atomic mass is 10.0. The normalized spacial score (nSPS) is 10.6. The van der Waals surface area contributed by atoms with Crippen molar-refractivity contribution in [3.63, 3.8) is 0 Å². The number of nitrogens with zero attached hydrogens (tertiary/aromatic N) is 1. The number of nitrogens with one attached hydrogen (secondary N) is 1. The maximum Gasteiger partial charge on any atom is 0.341 e. The van der Waals surface area contributed by atoms with Gasteiger partial charge in [-0.1, -0.05) is 65.3 Å². The Balaban J connectivity index is 1.63. The van der Waals surface area contributed by atoms with Crippen LogP contribution in [0.2, 0.25) is 0 Å². The van der Waals surface area contributed by atoms with Crippen molar-refractivity contribution < 1.29 is 18.8 Å². The highest BCUT2D eigenvalue weighted by Gasteiger charge is 2.24. The van der Waals surface area contributed by atoms with Crippen LogP contribution >= 0.6 is 11.3 Å². The van der Waals surface area contributed by atoms with E-state index in [-0.39, 0.29) is 12.3 Å². The number of hydrogen-bond acceptors (Lipinski definition) is 6. The van der Waals surface area contributed by atoms with Crippen molar-refractivity contribution in [3.8, 4) is 22.5 Å². The van der Waals surface area contributed by atoms with E-state index in [1.165, 1.54) is 11.3 Å². The molecule has 0 saturated carbocycles. The molecule has 1 N–H and O–H groups in total. The number of benzene rings is 2. The van der Waals surface area contributed by atoms with Gasteiger partial charge >= 0.3 is 5.97 Å². The van der Waals surface area contributed by atoms with Crippen molar-refractivity contribution in [2.75, 3.05) is 11.9 Å². The number of esters is 1. The van der Waals surface area contributed by atoms with Gasteiger partial charge in [0.1, 0.15) is 10.6 Å². The molecular weight excluding hydrogens is 412 g/mol. The summed E-state index contributed by atoms with van der Waals surface area (Å²) in [6, 6.07) is 18.8. The lowest BCUT2D eigenvalue weighted by Crippen LogP contribution is -2.15. The first-order valence-electron chi connectivity index (χ1n) is 9.76. The third-order valence-electron chi connectivity index (χ3n) is 4.66. The van der Waals surface area contributed by atoms with Crippen molar-refractivity contribution in [3.05, 3.63) is 82.9 Å². The lowest BCUT2D eigenvalue weighted by Gasteiger charge is -2.08. The molecule has 6 nitrogen and oxygen atoms in total. The minimum absolute atomic E-state index is 0.124. The van der Waals surface area contributed by atoms with Crippen LogP contribution in [-0.4, -0.2) is 23.6 Å². The van der Waals surface area contributed by atoms with E-state index in [0.717, 1.165) is 16.7 Å². The first-order chi connectivity index (χ1) is 15.1. The highest BCUT2D eigenvalue weighted by Crippen LogP contribution is 2.36. The second kappa shape index (κ2) is 8.97. The zero-order valence-electron chi connectivity index (χ0n) is 17.0. The Bertz CT molecular complexity index is 1210. The molecule has 31 heavy (non-hydrogen) atoms. The van der Waals surface area contributed by atoms with Gasteiger partial charge in [-0.05, 0) is 19.4 Å². The van der Waals surface area contributed by atoms with Gasteiger partial charge in [-0.2, -0.15) is 0 Å². The summed E-state index contributed by atoms with van der Waals surface area (Å²) in [6.07, 6.45) is 0. The van der Waals surface area contributed by atoms with Crippen LogP contribution in [0.3, 0.4) is 0 Å². The second-order valence-corrected chi connectivity index (χ2v) is 7.72. The number of anilines is 1. The van der Waals surface area contributed by atoms with Crippen LogP contribution in [0.1, 0.15) is 33.3 Å². The highest BCUT2D eigenvalue weighted by atomic mass is 32.1. The topological polar surface area (TPSA) is 81.4 Å². The van der Waals surface area contributed by atoms with Crippen molar-refractivity contribution >= 4 is 28.2 Å². The molecule has 1 amide bonds. The van der Waals surface area contributed by atoms with Gasteiger partial charge in [-0.3, -0.25) is 4.79 Å². The number of hydrogen-bond donors (Lipinski definition) is 1. The van der Waals surface area contributed by atoms with Gasteiger partial charge in [-0.25, -0.2) is 4.79 Å². The summed E-state index contributed by atoms with van der Waals surface area (Å²) in [5, 5.41) is 8.91. The van der Waals surface area contributed by atoms with Gasteiger partial charge in [0.2, 0.25) is 0 Å². The standard InChI is InChI=1S/C24H20N2O4S/c1-3-29-24(28)21-18(16-11-9-15(2)10-12-16)14-31-23(21)25-22(27)19-13-20(30-26-19)17-7-5-4-6-8-17/h4-14H,3H2,1-2H3,(H,25,27). The molecule has 0 aliphatic carbocycles. The average Bonchev–Trinajstić information content (AvgIpc) is 3.43. The highest BCUT2D eigenvalue weighted by molar-refractivity contribution is 7.15. The Kier molecular flexibility index (Phi) is 5.95. The molecule has 0 atom stereocenters. The third-order valence-corrected chi connectivity index (χ3v) is 5.56. The second-order valence-electron chi connectivity index (χ2n) is 6.84. The Morgan fingerprint density at radius 2 is 1.81 bits per heavy atom. The minimum atomic E-state index is -0.486. The largest absolute Gasteiger partial charge is 0.462 e. The molecule has 0 aliphatic rings. The summed E-state index contributed by atoms with van der Waals surface area (Å²) in [6.45, 7) is 3.98. The molecule has 4 aromatic rings. The molecule has 7 heteroatoms. The van der Waals surface area contributed by atoms with Crippen LogP contribution in [0.15, 0.2) is 70.6 Å². The predicted molar refractivity (Wildman–Crippen MR) is 120 cm³/mol. The number of ether oxygens (including phenoxy) is 1. The number of carbonyl (C=O) groups excluding carboxylic acids is 2. The molecule has 0 aliphatic heterocycles. The van der Waals surface area contributed by atoms with E-state index in [2.05, 4.69) is 10.5 Å². The summed E-state index contributed by atoms with van der Waals surface area (Å²) in [7, 11) is 0. The van der Waals surface area contributed by atoms with Crippen molar-refractivity contribution in [1.82, 2.24) is 5.16 Å². The van der Waals surface area contributed by atoms with E-state index >= 15 is 0 Å². The van der Waals surface area contributed by atoms with Crippen LogP contribution in [0, 0.1) is 6.92 Å². The fraction of sp³-hybridized carbons (Fsp3) is 0.125. The summed E-state index contributed by atoms with van der Waals surface area (Å²) in [5.41, 5.74) is 3.97. The zero-order valence-corrected chi connectivity index (χ0v) is 17.9. The Morgan fingerprint density at radius 1 is 1.06 bits per heavy atom. The van der Waals surface area contributed by atoms with E-state index in [9.17, 15) is 9.59 Å². The van der Waals surface area contributed by atoms with Crippen molar-refractivity contribution in [1.29, 1.82) is 0 Å². The van der Waals surface area contributed by atoms with Crippen molar-refractivity contribution in [2.24, 2.45) is 0 Å². The van der Waals surface area contributed by atoms with Crippen LogP contribution in [0.25, 0.3) is 22.5 Å². The average molecular weight is 433 g/mol. The number of carbonyl (C=O) groups is 2. The number of rotatable bonds is 6. The molecule has 2 aromatic carbocycles. The van der Waals surface area contributed by atoms with Crippen LogP contribution in [0.4, 0.5) is 5.00 Å². The van der Waals surface area contributed by atoms with Gasteiger partial charge in [0.05, 0.1) is 6.61 Å².